The minimum absolute atomic E-state index is 0.334. The predicted molar refractivity (Wildman–Crippen MR) is 87.4 cm³/mol. The van der Waals surface area contributed by atoms with Crippen molar-refractivity contribution in [2.24, 2.45) is 0 Å². The van der Waals surface area contributed by atoms with Crippen LogP contribution in [0.4, 0.5) is 26.3 Å². The van der Waals surface area contributed by atoms with E-state index in [4.69, 9.17) is 0 Å². The summed E-state index contributed by atoms with van der Waals surface area (Å²) in [5.41, 5.74) is -12.6. The SMILES string of the molecule is CCC1CC(CC)S(=O)(=O)N(S(=O)(=O)C(F)(F)F)NN(S(=O)(=O)C(F)(F)F)S1(=O)=O. The number of alkyl halides is 6. The van der Waals surface area contributed by atoms with Gasteiger partial charge in [-0.05, 0) is 26.9 Å². The molecule has 0 aliphatic carbocycles. The fourth-order valence-electron chi connectivity index (χ4n) is 2.31. The largest absolute Gasteiger partial charge is 0.513 e. The maximum atomic E-state index is 12.9. The molecule has 0 aromatic heterocycles. The molecule has 0 aromatic rings. The Morgan fingerprint density at radius 1 is 0.767 bits per heavy atom. The van der Waals surface area contributed by atoms with Crippen molar-refractivity contribution >= 4 is 40.1 Å². The van der Waals surface area contributed by atoms with Gasteiger partial charge < -0.3 is 0 Å². The first-order valence-corrected chi connectivity index (χ1v) is 13.5. The highest BCUT2D eigenvalue weighted by Gasteiger charge is 2.63. The Morgan fingerprint density at radius 2 is 1.03 bits per heavy atom. The van der Waals surface area contributed by atoms with Gasteiger partial charge in [-0.15, -0.1) is 5.53 Å². The van der Waals surface area contributed by atoms with E-state index in [2.05, 4.69) is 0 Å². The van der Waals surface area contributed by atoms with Crippen LogP contribution >= 0.6 is 0 Å². The highest BCUT2D eigenvalue weighted by Crippen LogP contribution is 2.36. The van der Waals surface area contributed by atoms with Gasteiger partial charge in [-0.2, -0.15) is 26.3 Å². The Balaban J connectivity index is 4.02. The lowest BCUT2D eigenvalue weighted by Gasteiger charge is -2.36. The molecule has 2 unspecified atom stereocenters. The van der Waals surface area contributed by atoms with Gasteiger partial charge in [0.1, 0.15) is 0 Å². The average Bonchev–Trinajstić information content (AvgIpc) is 2.51. The van der Waals surface area contributed by atoms with E-state index >= 15 is 0 Å². The Hall–Kier alpha value is -0.740. The van der Waals surface area contributed by atoms with Crippen LogP contribution in [-0.2, 0) is 40.1 Å². The van der Waals surface area contributed by atoms with E-state index in [1.165, 1.54) is 0 Å². The number of nitrogens with zero attached hydrogens (tertiary/aromatic N) is 2. The lowest BCUT2D eigenvalue weighted by Crippen LogP contribution is -2.66. The van der Waals surface area contributed by atoms with Crippen LogP contribution in [0.2, 0.25) is 0 Å². The summed E-state index contributed by atoms with van der Waals surface area (Å²) in [5.74, 6) is 0. The van der Waals surface area contributed by atoms with Crippen LogP contribution in [0.1, 0.15) is 33.1 Å². The van der Waals surface area contributed by atoms with E-state index in [-0.39, 0.29) is 0 Å². The number of hydrogen-bond acceptors (Lipinski definition) is 9. The van der Waals surface area contributed by atoms with Crippen LogP contribution in [0.25, 0.3) is 0 Å². The molecule has 30 heavy (non-hydrogen) atoms. The molecular weight excluding hydrogens is 520 g/mol. The minimum atomic E-state index is -7.11. The van der Waals surface area contributed by atoms with Crippen LogP contribution in [-0.4, -0.2) is 62.8 Å². The van der Waals surface area contributed by atoms with E-state index < -0.39 is 88.5 Å². The standard InChI is InChI=1S/C9H15F6N3O8S4/c1-3-6-5-7(4-2)28(21,22)18(30(25,26)9(13,14)15)16-17(27(6,19)20)29(23,24)8(10,11)12/h6-7,16H,3-5H2,1-2H3. The zero-order chi connectivity index (χ0) is 24.1. The van der Waals surface area contributed by atoms with E-state index in [0.29, 0.717) is 5.53 Å². The molecule has 1 aliphatic heterocycles. The van der Waals surface area contributed by atoms with Crippen LogP contribution < -0.4 is 5.53 Å². The molecule has 1 fully saturated rings. The van der Waals surface area contributed by atoms with Crippen molar-refractivity contribution in [2.75, 3.05) is 0 Å². The molecule has 0 radical (unpaired) electrons. The average molecular weight is 535 g/mol. The van der Waals surface area contributed by atoms with Gasteiger partial charge in [0.15, 0.2) is 0 Å². The third-order valence-corrected chi connectivity index (χ3v) is 12.4. The molecule has 1 aliphatic rings. The van der Waals surface area contributed by atoms with Gasteiger partial charge in [-0.3, -0.25) is 0 Å². The molecule has 11 nitrogen and oxygen atoms in total. The van der Waals surface area contributed by atoms with Gasteiger partial charge in [0, 0.05) is 0 Å². The van der Waals surface area contributed by atoms with E-state index in [9.17, 15) is 60.0 Å². The lowest BCUT2D eigenvalue weighted by molar-refractivity contribution is -0.0515. The summed E-state index contributed by atoms with van der Waals surface area (Å²) >= 11 is 0. The smallest absolute Gasteiger partial charge is 0.210 e. The van der Waals surface area contributed by atoms with Crippen molar-refractivity contribution in [3.05, 3.63) is 0 Å². The Morgan fingerprint density at radius 3 is 1.23 bits per heavy atom. The Kier molecular flexibility index (Phi) is 7.27. The van der Waals surface area contributed by atoms with Gasteiger partial charge in [-0.1, -0.05) is 13.8 Å². The maximum absolute atomic E-state index is 12.9. The highest BCUT2D eigenvalue weighted by atomic mass is 32.3. The van der Waals surface area contributed by atoms with Gasteiger partial charge in [0.05, 0.1) is 10.5 Å². The Labute approximate surface area is 168 Å². The first-order valence-electron chi connectivity index (χ1n) is 7.57. The summed E-state index contributed by atoms with van der Waals surface area (Å²) in [6.45, 7) is 2.07. The summed E-state index contributed by atoms with van der Waals surface area (Å²) in [4.78, 5) is 0. The normalized spacial score (nSPS) is 27.3. The van der Waals surface area contributed by atoms with Crippen molar-refractivity contribution in [1.29, 1.82) is 0 Å². The number of sulfonamides is 4. The number of nitrogens with one attached hydrogen (secondary N) is 1. The van der Waals surface area contributed by atoms with Crippen molar-refractivity contribution in [2.45, 2.75) is 54.6 Å². The third-order valence-electron chi connectivity index (χ3n) is 3.93. The molecule has 2 atom stereocenters. The van der Waals surface area contributed by atoms with Crippen molar-refractivity contribution in [1.82, 2.24) is 13.2 Å². The molecule has 0 aromatic carbocycles. The zero-order valence-corrected chi connectivity index (χ0v) is 18.1. The van der Waals surface area contributed by atoms with Crippen LogP contribution in [0.3, 0.4) is 0 Å². The number of rotatable bonds is 4. The first-order chi connectivity index (χ1) is 13.1. The summed E-state index contributed by atoms with van der Waals surface area (Å²) < 4.78 is 171. The molecule has 180 valence electrons. The topological polar surface area (TPSA) is 155 Å². The molecule has 0 bridgehead atoms. The van der Waals surface area contributed by atoms with Crippen LogP contribution in [0, 0.1) is 0 Å². The van der Waals surface area contributed by atoms with E-state index in [1.54, 1.807) is 0 Å². The monoisotopic (exact) mass is 535 g/mol. The first kappa shape index (κ1) is 27.3. The van der Waals surface area contributed by atoms with Crippen LogP contribution in [0.15, 0.2) is 0 Å². The molecule has 1 heterocycles. The molecule has 1 N–H and O–H groups in total. The van der Waals surface area contributed by atoms with Crippen LogP contribution in [0.5, 0.6) is 0 Å². The van der Waals surface area contributed by atoms with Crippen molar-refractivity contribution in [3.63, 3.8) is 0 Å². The Bertz CT molecular complexity index is 994. The van der Waals surface area contributed by atoms with Gasteiger partial charge in [0.25, 0.3) is 0 Å². The fraction of sp³-hybridized carbons (Fsp3) is 1.00. The number of hydrogen-bond donors (Lipinski definition) is 1. The third kappa shape index (κ3) is 4.41. The molecule has 0 spiro atoms. The van der Waals surface area contributed by atoms with Crippen molar-refractivity contribution < 1.29 is 60.0 Å². The van der Waals surface area contributed by atoms with Crippen molar-refractivity contribution in [3.8, 4) is 0 Å². The van der Waals surface area contributed by atoms with Gasteiger partial charge in [-0.25, -0.2) is 33.7 Å². The minimum Gasteiger partial charge on any atom is -0.210 e. The second-order valence-electron chi connectivity index (χ2n) is 5.78. The summed E-state index contributed by atoms with van der Waals surface area (Å²) in [6, 6.07) is 0. The fourth-order valence-corrected chi connectivity index (χ4v) is 9.55. The molecular formula is C9H15F6N3O8S4. The summed E-state index contributed by atoms with van der Waals surface area (Å²) in [7, 11) is -25.8. The molecule has 1 rings (SSSR count). The number of hydrazine groups is 2. The molecule has 0 amide bonds. The summed E-state index contributed by atoms with van der Waals surface area (Å²) in [6.07, 6.45) is -2.47. The zero-order valence-electron chi connectivity index (χ0n) is 14.8. The molecule has 1 saturated heterocycles. The van der Waals surface area contributed by atoms with Gasteiger partial charge >= 0.3 is 31.1 Å². The second kappa shape index (κ2) is 7.99. The molecule has 21 heteroatoms. The van der Waals surface area contributed by atoms with E-state index in [1.807, 2.05) is 0 Å². The summed E-state index contributed by atoms with van der Waals surface area (Å²) in [5, 5.41) is -4.25. The second-order valence-corrected chi connectivity index (χ2v) is 13.9. The predicted octanol–water partition coefficient (Wildman–Crippen LogP) is 0.330. The van der Waals surface area contributed by atoms with Gasteiger partial charge in [0.2, 0.25) is 20.0 Å². The molecule has 0 saturated carbocycles. The quantitative estimate of drug-likeness (QED) is 0.502. The highest BCUT2D eigenvalue weighted by molar-refractivity contribution is 8.06. The lowest BCUT2D eigenvalue weighted by atomic mass is 10.1. The maximum Gasteiger partial charge on any atom is 0.513 e. The number of halogens is 6. The van der Waals surface area contributed by atoms with E-state index in [0.717, 1.165) is 13.8 Å².